The highest BCUT2D eigenvalue weighted by Gasteiger charge is 2.38. The van der Waals surface area contributed by atoms with Crippen LogP contribution >= 0.6 is 0 Å². The molecule has 1 heterocycles. The third kappa shape index (κ3) is 3.51. The molecule has 7 heteroatoms. The molecule has 2 rings (SSSR count). The van der Waals surface area contributed by atoms with Crippen LogP contribution in [-0.2, 0) is 24.1 Å². The number of sulfone groups is 1. The van der Waals surface area contributed by atoms with Gasteiger partial charge in [-0.1, -0.05) is 6.42 Å². The van der Waals surface area contributed by atoms with Gasteiger partial charge in [0.25, 0.3) is 0 Å². The third-order valence-electron chi connectivity index (χ3n) is 4.32. The van der Waals surface area contributed by atoms with E-state index in [4.69, 9.17) is 9.47 Å². The average molecular weight is 305 g/mol. The average Bonchev–Trinajstić information content (AvgIpc) is 2.45. The van der Waals surface area contributed by atoms with Crippen LogP contribution in [-0.4, -0.2) is 69.7 Å². The minimum Gasteiger partial charge on any atom is -0.468 e. The predicted molar refractivity (Wildman–Crippen MR) is 74.2 cm³/mol. The van der Waals surface area contributed by atoms with E-state index in [-0.39, 0.29) is 17.3 Å². The molecule has 1 aliphatic heterocycles. The number of methoxy groups -OCH3 is 1. The molecule has 20 heavy (non-hydrogen) atoms. The lowest BCUT2D eigenvalue weighted by molar-refractivity contribution is -0.155. The first-order chi connectivity index (χ1) is 9.43. The zero-order valence-electron chi connectivity index (χ0n) is 12.1. The van der Waals surface area contributed by atoms with E-state index in [1.807, 2.05) is 0 Å². The summed E-state index contributed by atoms with van der Waals surface area (Å²) >= 11 is 0. The monoisotopic (exact) mass is 305 g/mol. The van der Waals surface area contributed by atoms with E-state index in [1.165, 1.54) is 13.4 Å². The summed E-state index contributed by atoms with van der Waals surface area (Å²) in [7, 11) is -1.64. The molecular weight excluding hydrogens is 282 g/mol. The van der Waals surface area contributed by atoms with Crippen LogP contribution in [0.2, 0.25) is 0 Å². The van der Waals surface area contributed by atoms with Crippen molar-refractivity contribution in [2.75, 3.05) is 33.1 Å². The molecule has 116 valence electrons. The number of esters is 1. The van der Waals surface area contributed by atoms with Gasteiger partial charge in [0.2, 0.25) is 0 Å². The molecule has 3 unspecified atom stereocenters. The first-order valence-corrected chi connectivity index (χ1v) is 8.99. The standard InChI is InChI=1S/C13H23NO5S/c1-18-13(15)12-9-19-7-6-14(12)10-4-3-5-11(8-10)20(2,16)17/h10-12H,3-9H2,1-2H3. The van der Waals surface area contributed by atoms with Gasteiger partial charge in [-0.05, 0) is 19.3 Å². The zero-order valence-corrected chi connectivity index (χ0v) is 12.9. The fourth-order valence-electron chi connectivity index (χ4n) is 3.20. The van der Waals surface area contributed by atoms with E-state index in [0.29, 0.717) is 26.2 Å². The Hall–Kier alpha value is -0.660. The second-order valence-electron chi connectivity index (χ2n) is 5.62. The van der Waals surface area contributed by atoms with Gasteiger partial charge in [0.15, 0.2) is 0 Å². The van der Waals surface area contributed by atoms with Gasteiger partial charge in [-0.2, -0.15) is 0 Å². The van der Waals surface area contributed by atoms with Crippen LogP contribution in [0, 0.1) is 0 Å². The van der Waals surface area contributed by atoms with Gasteiger partial charge < -0.3 is 9.47 Å². The van der Waals surface area contributed by atoms with Crippen molar-refractivity contribution in [1.29, 1.82) is 0 Å². The van der Waals surface area contributed by atoms with Gasteiger partial charge in [-0.25, -0.2) is 8.42 Å². The summed E-state index contributed by atoms with van der Waals surface area (Å²) < 4.78 is 33.7. The van der Waals surface area contributed by atoms with E-state index in [2.05, 4.69) is 4.90 Å². The lowest BCUT2D eigenvalue weighted by Gasteiger charge is -2.42. The Morgan fingerprint density at radius 2 is 2.10 bits per heavy atom. The van der Waals surface area contributed by atoms with Gasteiger partial charge in [0, 0.05) is 18.8 Å². The SMILES string of the molecule is COC(=O)C1COCCN1C1CCCC(S(C)(=O)=O)C1. The summed E-state index contributed by atoms with van der Waals surface area (Å²) in [6.45, 7) is 1.56. The lowest BCUT2D eigenvalue weighted by Crippen LogP contribution is -2.56. The summed E-state index contributed by atoms with van der Waals surface area (Å²) in [5.74, 6) is -0.300. The number of ether oxygens (including phenoxy) is 2. The van der Waals surface area contributed by atoms with Crippen molar-refractivity contribution in [3.05, 3.63) is 0 Å². The van der Waals surface area contributed by atoms with Crippen molar-refractivity contribution in [2.24, 2.45) is 0 Å². The summed E-state index contributed by atoms with van der Waals surface area (Å²) in [6, 6.07) is -0.284. The van der Waals surface area contributed by atoms with Crippen molar-refractivity contribution in [1.82, 2.24) is 4.90 Å². The highest BCUT2D eigenvalue weighted by atomic mass is 32.2. The molecule has 1 saturated carbocycles. The van der Waals surface area contributed by atoms with Crippen LogP contribution in [0.15, 0.2) is 0 Å². The molecule has 0 amide bonds. The van der Waals surface area contributed by atoms with E-state index < -0.39 is 15.9 Å². The lowest BCUT2D eigenvalue weighted by atomic mass is 9.92. The largest absolute Gasteiger partial charge is 0.468 e. The summed E-state index contributed by atoms with van der Waals surface area (Å²) in [6.07, 6.45) is 4.44. The Morgan fingerprint density at radius 3 is 2.75 bits per heavy atom. The quantitative estimate of drug-likeness (QED) is 0.694. The van der Waals surface area contributed by atoms with E-state index in [0.717, 1.165) is 19.3 Å². The van der Waals surface area contributed by atoms with E-state index >= 15 is 0 Å². The molecule has 2 aliphatic rings. The van der Waals surface area contributed by atoms with Crippen molar-refractivity contribution in [2.45, 2.75) is 43.0 Å². The Bertz CT molecular complexity index is 450. The highest BCUT2D eigenvalue weighted by molar-refractivity contribution is 7.91. The van der Waals surface area contributed by atoms with Crippen molar-refractivity contribution in [3.63, 3.8) is 0 Å². The second-order valence-corrected chi connectivity index (χ2v) is 7.95. The fourth-order valence-corrected chi connectivity index (χ4v) is 4.37. The predicted octanol–water partition coefficient (Wildman–Crippen LogP) is 0.216. The maximum atomic E-state index is 11.8. The van der Waals surface area contributed by atoms with Crippen molar-refractivity contribution in [3.8, 4) is 0 Å². The number of carbonyl (C=O) groups is 1. The van der Waals surface area contributed by atoms with E-state index in [1.54, 1.807) is 0 Å². The summed E-state index contributed by atoms with van der Waals surface area (Å²) in [5, 5.41) is -0.289. The van der Waals surface area contributed by atoms with Crippen molar-refractivity contribution < 1.29 is 22.7 Å². The fraction of sp³-hybridized carbons (Fsp3) is 0.923. The molecule has 0 N–H and O–H groups in total. The Labute approximate surface area is 120 Å². The minimum atomic E-state index is -3.01. The number of carbonyl (C=O) groups excluding carboxylic acids is 1. The molecule has 6 nitrogen and oxygen atoms in total. The van der Waals surface area contributed by atoms with Gasteiger partial charge in [-0.3, -0.25) is 9.69 Å². The van der Waals surface area contributed by atoms with Crippen LogP contribution in [0.3, 0.4) is 0 Å². The number of rotatable bonds is 3. The minimum absolute atomic E-state index is 0.122. The van der Waals surface area contributed by atoms with Crippen LogP contribution in [0.25, 0.3) is 0 Å². The van der Waals surface area contributed by atoms with Crippen LogP contribution in [0.5, 0.6) is 0 Å². The van der Waals surface area contributed by atoms with Crippen LogP contribution in [0.1, 0.15) is 25.7 Å². The molecule has 1 saturated heterocycles. The van der Waals surface area contributed by atoms with Crippen LogP contribution in [0.4, 0.5) is 0 Å². The van der Waals surface area contributed by atoms with Gasteiger partial charge in [0.1, 0.15) is 15.9 Å². The summed E-state index contributed by atoms with van der Waals surface area (Å²) in [4.78, 5) is 13.9. The molecule has 0 radical (unpaired) electrons. The zero-order chi connectivity index (χ0) is 14.8. The normalized spacial score (nSPS) is 32.8. The maximum Gasteiger partial charge on any atom is 0.325 e. The highest BCUT2D eigenvalue weighted by Crippen LogP contribution is 2.29. The maximum absolute atomic E-state index is 11.8. The molecule has 0 aromatic heterocycles. The first kappa shape index (κ1) is 15.7. The van der Waals surface area contributed by atoms with Gasteiger partial charge in [0.05, 0.1) is 25.6 Å². The molecule has 0 aromatic carbocycles. The van der Waals surface area contributed by atoms with Crippen molar-refractivity contribution >= 4 is 15.8 Å². The molecule has 3 atom stereocenters. The molecule has 0 bridgehead atoms. The number of hydrogen-bond donors (Lipinski definition) is 0. The third-order valence-corrected chi connectivity index (χ3v) is 5.96. The molecular formula is C13H23NO5S. The van der Waals surface area contributed by atoms with Gasteiger partial charge >= 0.3 is 5.97 Å². The second kappa shape index (κ2) is 6.41. The Balaban J connectivity index is 2.09. The van der Waals surface area contributed by atoms with Gasteiger partial charge in [-0.15, -0.1) is 0 Å². The summed E-state index contributed by atoms with van der Waals surface area (Å²) in [5.41, 5.74) is 0. The Morgan fingerprint density at radius 1 is 1.35 bits per heavy atom. The number of hydrogen-bond acceptors (Lipinski definition) is 6. The Kier molecular flexibility index (Phi) is 5.04. The molecule has 0 spiro atoms. The van der Waals surface area contributed by atoms with Crippen LogP contribution < -0.4 is 0 Å². The number of nitrogens with zero attached hydrogens (tertiary/aromatic N) is 1. The topological polar surface area (TPSA) is 72.9 Å². The number of morpholine rings is 1. The molecule has 0 aromatic rings. The first-order valence-electron chi connectivity index (χ1n) is 7.03. The smallest absolute Gasteiger partial charge is 0.325 e. The molecule has 1 aliphatic carbocycles. The van der Waals surface area contributed by atoms with E-state index in [9.17, 15) is 13.2 Å². The molecule has 2 fully saturated rings.